The van der Waals surface area contributed by atoms with Gasteiger partial charge < -0.3 is 10.6 Å². The van der Waals surface area contributed by atoms with Crippen LogP contribution in [0.25, 0.3) is 5.69 Å². The molecule has 0 bridgehead atoms. The van der Waals surface area contributed by atoms with E-state index in [1.807, 2.05) is 55.5 Å². The zero-order chi connectivity index (χ0) is 29.5. The molecule has 212 valence electrons. The van der Waals surface area contributed by atoms with Crippen molar-refractivity contribution in [1.82, 2.24) is 20.1 Å². The van der Waals surface area contributed by atoms with E-state index >= 15 is 0 Å². The topological polar surface area (TPSA) is 115 Å². The van der Waals surface area contributed by atoms with Gasteiger partial charge in [-0.05, 0) is 48.4 Å². The number of nitro groups is 1. The van der Waals surface area contributed by atoms with Crippen molar-refractivity contribution in [3.8, 4) is 5.69 Å². The summed E-state index contributed by atoms with van der Waals surface area (Å²) in [5.41, 5.74) is 4.06. The van der Waals surface area contributed by atoms with Crippen molar-refractivity contribution in [3.05, 3.63) is 142 Å². The number of carbonyl (C=O) groups excluding carboxylic acids is 1. The van der Waals surface area contributed by atoms with E-state index in [-0.39, 0.29) is 5.69 Å². The quantitative estimate of drug-likeness (QED) is 0.104. The number of nitrogens with one attached hydrogen (secondary N) is 2. The zero-order valence-electron chi connectivity index (χ0n) is 22.6. The summed E-state index contributed by atoms with van der Waals surface area (Å²) in [5, 5.41) is 26.5. The molecule has 0 saturated heterocycles. The number of thioether (sulfide) groups is 1. The molecule has 1 heterocycles. The van der Waals surface area contributed by atoms with Crippen LogP contribution >= 0.6 is 11.8 Å². The lowest BCUT2D eigenvalue weighted by molar-refractivity contribution is -0.384. The summed E-state index contributed by atoms with van der Waals surface area (Å²) < 4.78 is 15.5. The summed E-state index contributed by atoms with van der Waals surface area (Å²) >= 11 is 1.47. The van der Waals surface area contributed by atoms with Crippen LogP contribution in [0, 0.1) is 22.9 Å². The van der Waals surface area contributed by atoms with Crippen LogP contribution < -0.4 is 10.6 Å². The summed E-state index contributed by atoms with van der Waals surface area (Å²) in [5.74, 6) is 0.583. The first-order valence-corrected chi connectivity index (χ1v) is 14.1. The number of carbonyl (C=O) groups is 1. The van der Waals surface area contributed by atoms with E-state index in [9.17, 15) is 19.3 Å². The van der Waals surface area contributed by atoms with Crippen molar-refractivity contribution < 1.29 is 14.1 Å². The molecule has 2 amide bonds. The third kappa shape index (κ3) is 7.18. The predicted octanol–water partition coefficient (Wildman–Crippen LogP) is 7.02. The van der Waals surface area contributed by atoms with E-state index in [0.29, 0.717) is 34.5 Å². The number of rotatable bonds is 10. The molecular weight excluding hydrogens is 555 g/mol. The Morgan fingerprint density at radius 3 is 2.40 bits per heavy atom. The molecule has 1 atom stereocenters. The number of nitrogens with zero attached hydrogens (tertiary/aromatic N) is 4. The van der Waals surface area contributed by atoms with Crippen molar-refractivity contribution in [2.75, 3.05) is 5.32 Å². The van der Waals surface area contributed by atoms with Crippen LogP contribution in [0.5, 0.6) is 0 Å². The van der Waals surface area contributed by atoms with Crippen LogP contribution in [0.2, 0.25) is 0 Å². The fourth-order valence-corrected chi connectivity index (χ4v) is 5.37. The highest BCUT2D eigenvalue weighted by atomic mass is 32.2. The van der Waals surface area contributed by atoms with Crippen molar-refractivity contribution in [2.45, 2.75) is 30.3 Å². The van der Waals surface area contributed by atoms with Crippen molar-refractivity contribution >= 4 is 29.2 Å². The number of hydrogen-bond acceptors (Lipinski definition) is 6. The molecule has 0 radical (unpaired) electrons. The second kappa shape index (κ2) is 13.1. The van der Waals surface area contributed by atoms with Gasteiger partial charge in [0.25, 0.3) is 5.69 Å². The summed E-state index contributed by atoms with van der Waals surface area (Å²) in [7, 11) is 0. The van der Waals surface area contributed by atoms with Gasteiger partial charge in [-0.3, -0.25) is 14.7 Å². The molecule has 9 nitrogen and oxygen atoms in total. The Bertz CT molecular complexity index is 1700. The Morgan fingerprint density at radius 2 is 1.69 bits per heavy atom. The highest BCUT2D eigenvalue weighted by Crippen LogP contribution is 2.30. The molecule has 5 rings (SSSR count). The minimum absolute atomic E-state index is 0.0456. The maximum absolute atomic E-state index is 13.7. The molecule has 1 unspecified atom stereocenters. The molecule has 4 aromatic carbocycles. The lowest BCUT2D eigenvalue weighted by atomic mass is 10.1. The normalized spacial score (nSPS) is 11.6. The Balaban J connectivity index is 1.52. The van der Waals surface area contributed by atoms with Gasteiger partial charge >= 0.3 is 6.03 Å². The molecule has 42 heavy (non-hydrogen) atoms. The van der Waals surface area contributed by atoms with E-state index in [1.165, 1.54) is 42.1 Å². The van der Waals surface area contributed by atoms with Gasteiger partial charge in [0.2, 0.25) is 0 Å². The molecule has 0 aliphatic rings. The molecule has 0 fully saturated rings. The first-order chi connectivity index (χ1) is 20.4. The van der Waals surface area contributed by atoms with Crippen LogP contribution in [0.15, 0.2) is 108 Å². The van der Waals surface area contributed by atoms with E-state index in [0.717, 1.165) is 16.7 Å². The molecule has 0 saturated carbocycles. The summed E-state index contributed by atoms with van der Waals surface area (Å²) in [6, 6.07) is 28.3. The molecule has 2 N–H and O–H groups in total. The molecule has 0 spiro atoms. The fourth-order valence-electron chi connectivity index (χ4n) is 4.46. The smallest absolute Gasteiger partial charge is 0.319 e. The summed E-state index contributed by atoms with van der Waals surface area (Å²) in [6.07, 6.45) is 0.380. The third-order valence-corrected chi connectivity index (χ3v) is 7.41. The van der Waals surface area contributed by atoms with E-state index in [4.69, 9.17) is 0 Å². The van der Waals surface area contributed by atoms with Gasteiger partial charge in [0, 0.05) is 35.7 Å². The maximum Gasteiger partial charge on any atom is 0.319 e. The van der Waals surface area contributed by atoms with Crippen molar-refractivity contribution in [1.29, 1.82) is 0 Å². The Labute approximate surface area is 246 Å². The average molecular weight is 583 g/mol. The van der Waals surface area contributed by atoms with E-state index in [1.54, 1.807) is 22.8 Å². The maximum atomic E-state index is 13.7. The number of aryl methyl sites for hydroxylation is 1. The third-order valence-electron chi connectivity index (χ3n) is 6.41. The number of amides is 2. The monoisotopic (exact) mass is 582 g/mol. The molecule has 0 aliphatic heterocycles. The Kier molecular flexibility index (Phi) is 8.88. The second-order valence-corrected chi connectivity index (χ2v) is 10.5. The van der Waals surface area contributed by atoms with Gasteiger partial charge in [0.15, 0.2) is 11.0 Å². The molecular formula is C31H27FN6O3S. The number of aromatic nitrogens is 3. The Hall–Kier alpha value is -5.03. The minimum Gasteiger partial charge on any atom is -0.327 e. The standard InChI is InChI=1S/C31H27FN6O3S/c1-21-7-5-10-23(17-21)20-42-31-36-35-29(37(31)26-13-15-27(16-14-26)38(40)41)28(18-22-8-3-2-4-9-22)34-30(39)33-25-12-6-11-24(32)19-25/h2-17,19,28H,18,20H2,1H3,(H2,33,34,39). The number of non-ortho nitro benzene ring substituents is 1. The van der Waals surface area contributed by atoms with Crippen LogP contribution in [0.1, 0.15) is 28.6 Å². The Morgan fingerprint density at radius 1 is 0.952 bits per heavy atom. The number of urea groups is 1. The van der Waals surface area contributed by atoms with Crippen LogP contribution in [-0.2, 0) is 12.2 Å². The van der Waals surface area contributed by atoms with Gasteiger partial charge in [-0.25, -0.2) is 9.18 Å². The van der Waals surface area contributed by atoms with Crippen LogP contribution in [0.4, 0.5) is 20.6 Å². The predicted molar refractivity (Wildman–Crippen MR) is 160 cm³/mol. The first kappa shape index (κ1) is 28.5. The lowest BCUT2D eigenvalue weighted by Gasteiger charge is -2.20. The highest BCUT2D eigenvalue weighted by Gasteiger charge is 2.25. The first-order valence-electron chi connectivity index (χ1n) is 13.1. The molecule has 1 aromatic heterocycles. The number of benzene rings is 4. The van der Waals surface area contributed by atoms with Crippen molar-refractivity contribution in [3.63, 3.8) is 0 Å². The SMILES string of the molecule is Cc1cccc(CSc2nnc(C(Cc3ccccc3)NC(=O)Nc3cccc(F)c3)n2-c2ccc([N+](=O)[O-])cc2)c1. The second-order valence-electron chi connectivity index (χ2n) is 9.58. The van der Waals surface area contributed by atoms with Crippen molar-refractivity contribution in [2.24, 2.45) is 0 Å². The summed E-state index contributed by atoms with van der Waals surface area (Å²) in [6.45, 7) is 2.03. The molecule has 11 heteroatoms. The average Bonchev–Trinajstić information content (AvgIpc) is 3.40. The molecule has 0 aliphatic carbocycles. The van der Waals surface area contributed by atoms with Crippen LogP contribution in [-0.4, -0.2) is 25.7 Å². The van der Waals surface area contributed by atoms with Gasteiger partial charge in [0.05, 0.1) is 11.0 Å². The number of hydrogen-bond donors (Lipinski definition) is 2. The highest BCUT2D eigenvalue weighted by molar-refractivity contribution is 7.98. The van der Waals surface area contributed by atoms with Gasteiger partial charge in [0.1, 0.15) is 5.82 Å². The van der Waals surface area contributed by atoms with Crippen LogP contribution in [0.3, 0.4) is 0 Å². The number of halogens is 1. The van der Waals surface area contributed by atoms with E-state index in [2.05, 4.69) is 26.9 Å². The van der Waals surface area contributed by atoms with Gasteiger partial charge in [-0.1, -0.05) is 78.0 Å². The minimum atomic E-state index is -0.656. The molecule has 5 aromatic rings. The largest absolute Gasteiger partial charge is 0.327 e. The van der Waals surface area contributed by atoms with Gasteiger partial charge in [-0.2, -0.15) is 0 Å². The number of nitro benzene ring substituents is 1. The van der Waals surface area contributed by atoms with E-state index < -0.39 is 22.8 Å². The fraction of sp³-hybridized carbons (Fsp3) is 0.129. The lowest BCUT2D eigenvalue weighted by Crippen LogP contribution is -2.35. The number of anilines is 1. The van der Waals surface area contributed by atoms with Gasteiger partial charge in [-0.15, -0.1) is 10.2 Å². The zero-order valence-corrected chi connectivity index (χ0v) is 23.4. The summed E-state index contributed by atoms with van der Waals surface area (Å²) in [4.78, 5) is 24.0.